The van der Waals surface area contributed by atoms with Gasteiger partial charge in [0.2, 0.25) is 0 Å². The molecule has 0 N–H and O–H groups in total. The van der Waals surface area contributed by atoms with Crippen molar-refractivity contribution in [2.24, 2.45) is 22.7 Å². The molecule has 0 spiro atoms. The molecule has 2 atom stereocenters. The Hall–Kier alpha value is 0. The SMILES string of the molecule is CCCC12C3C1C32CC. The molecule has 0 aromatic heterocycles. The van der Waals surface area contributed by atoms with Gasteiger partial charge in [0.05, 0.1) is 0 Å². The van der Waals surface area contributed by atoms with Crippen molar-refractivity contribution in [2.45, 2.75) is 33.1 Å². The van der Waals surface area contributed by atoms with Crippen LogP contribution < -0.4 is 0 Å². The third-order valence-corrected chi connectivity index (χ3v) is 4.28. The van der Waals surface area contributed by atoms with E-state index in [1.165, 1.54) is 24.7 Å². The molecule has 0 bridgehead atoms. The Kier molecular flexibility index (Phi) is 0.470. The van der Waals surface area contributed by atoms with Crippen LogP contribution in [0.4, 0.5) is 0 Å². The zero-order valence-electron chi connectivity index (χ0n) is 6.28. The molecule has 4 rings (SSSR count). The monoisotopic (exact) mass is 122 g/mol. The highest BCUT2D eigenvalue weighted by molar-refractivity contribution is 5.62. The van der Waals surface area contributed by atoms with Gasteiger partial charge in [-0.25, -0.2) is 0 Å². The molecular weight excluding hydrogens is 108 g/mol. The van der Waals surface area contributed by atoms with E-state index in [-0.39, 0.29) is 0 Å². The van der Waals surface area contributed by atoms with Crippen LogP contribution in [-0.2, 0) is 0 Å². The van der Waals surface area contributed by atoms with Gasteiger partial charge in [0, 0.05) is 0 Å². The molecule has 4 aliphatic carbocycles. The van der Waals surface area contributed by atoms with Gasteiger partial charge in [-0.3, -0.25) is 0 Å². The topological polar surface area (TPSA) is 0 Å². The van der Waals surface area contributed by atoms with Crippen LogP contribution in [0.15, 0.2) is 0 Å². The fraction of sp³-hybridized carbons (Fsp3) is 1.00. The number of hydrogen-bond donors (Lipinski definition) is 0. The molecular formula is C9H14. The third kappa shape index (κ3) is 0.222. The second-order valence-corrected chi connectivity index (χ2v) is 4.14. The molecule has 4 aliphatic rings. The lowest BCUT2D eigenvalue weighted by Gasteiger charge is -1.89. The van der Waals surface area contributed by atoms with E-state index in [0.717, 1.165) is 10.8 Å². The maximum absolute atomic E-state index is 2.37. The summed E-state index contributed by atoms with van der Waals surface area (Å²) in [5, 5.41) is 0. The minimum absolute atomic E-state index is 0.989. The third-order valence-electron chi connectivity index (χ3n) is 4.28. The average molecular weight is 122 g/mol. The lowest BCUT2D eigenvalue weighted by atomic mass is 10.2. The van der Waals surface area contributed by atoms with E-state index in [0.29, 0.717) is 0 Å². The maximum atomic E-state index is 2.37. The molecule has 0 aromatic rings. The van der Waals surface area contributed by atoms with Crippen LogP contribution in [0.3, 0.4) is 0 Å². The zero-order valence-corrected chi connectivity index (χ0v) is 6.28. The van der Waals surface area contributed by atoms with Gasteiger partial charge in [-0.2, -0.15) is 0 Å². The average Bonchev–Trinajstić information content (AvgIpc) is 2.67. The molecule has 0 heterocycles. The molecule has 0 aromatic carbocycles. The summed E-state index contributed by atoms with van der Waals surface area (Å²) in [7, 11) is 0. The summed E-state index contributed by atoms with van der Waals surface area (Å²) in [6.07, 6.45) is 4.47. The van der Waals surface area contributed by atoms with E-state index in [1.54, 1.807) is 6.42 Å². The first-order valence-electron chi connectivity index (χ1n) is 4.36. The van der Waals surface area contributed by atoms with Crippen molar-refractivity contribution in [3.05, 3.63) is 0 Å². The van der Waals surface area contributed by atoms with Crippen LogP contribution in [0.5, 0.6) is 0 Å². The Morgan fingerprint density at radius 2 is 1.78 bits per heavy atom. The second-order valence-electron chi connectivity index (χ2n) is 4.14. The summed E-state index contributed by atoms with van der Waals surface area (Å²) in [4.78, 5) is 0. The van der Waals surface area contributed by atoms with E-state index in [9.17, 15) is 0 Å². The molecule has 0 nitrogen and oxygen atoms in total. The minimum atomic E-state index is 0.989. The highest BCUT2D eigenvalue weighted by Gasteiger charge is 3.16. The van der Waals surface area contributed by atoms with Crippen LogP contribution in [0, 0.1) is 22.7 Å². The largest absolute Gasteiger partial charge is 0.0654 e. The van der Waals surface area contributed by atoms with Gasteiger partial charge < -0.3 is 0 Å². The summed E-state index contributed by atoms with van der Waals surface area (Å²) >= 11 is 0. The molecule has 0 amide bonds. The van der Waals surface area contributed by atoms with Crippen molar-refractivity contribution in [1.82, 2.24) is 0 Å². The van der Waals surface area contributed by atoms with Gasteiger partial charge in [0.25, 0.3) is 0 Å². The predicted octanol–water partition coefficient (Wildman–Crippen LogP) is 2.44. The molecule has 4 fully saturated rings. The summed E-state index contributed by atoms with van der Waals surface area (Å²) < 4.78 is 0. The lowest BCUT2D eigenvalue weighted by molar-refractivity contribution is 0.620. The fourth-order valence-corrected chi connectivity index (χ4v) is 3.69. The molecule has 4 saturated carbocycles. The zero-order chi connectivity index (χ0) is 6.28. The van der Waals surface area contributed by atoms with E-state index in [2.05, 4.69) is 13.8 Å². The molecule has 0 heteroatoms. The van der Waals surface area contributed by atoms with E-state index in [1.807, 2.05) is 0 Å². The van der Waals surface area contributed by atoms with Crippen molar-refractivity contribution in [1.29, 1.82) is 0 Å². The Bertz CT molecular complexity index is 170. The highest BCUT2D eigenvalue weighted by atomic mass is 15.2. The molecule has 50 valence electrons. The lowest BCUT2D eigenvalue weighted by Crippen LogP contribution is -1.78. The smallest absolute Gasteiger partial charge is 0.0161 e. The predicted molar refractivity (Wildman–Crippen MR) is 37.0 cm³/mol. The van der Waals surface area contributed by atoms with Gasteiger partial charge in [0.1, 0.15) is 0 Å². The Labute approximate surface area is 56.6 Å². The van der Waals surface area contributed by atoms with Gasteiger partial charge in [-0.15, -0.1) is 0 Å². The number of hydrogen-bond acceptors (Lipinski definition) is 0. The second kappa shape index (κ2) is 0.889. The number of rotatable bonds is 3. The van der Waals surface area contributed by atoms with Gasteiger partial charge in [-0.05, 0) is 35.5 Å². The van der Waals surface area contributed by atoms with Gasteiger partial charge >= 0.3 is 0 Å². The summed E-state index contributed by atoms with van der Waals surface area (Å²) in [5.41, 5.74) is 1.99. The first kappa shape index (κ1) is 4.76. The Balaban J connectivity index is 1.76. The van der Waals surface area contributed by atoms with E-state index >= 15 is 0 Å². The molecule has 9 heavy (non-hydrogen) atoms. The van der Waals surface area contributed by atoms with Crippen LogP contribution in [0.25, 0.3) is 0 Å². The molecule has 0 saturated heterocycles. The molecule has 0 aliphatic heterocycles. The van der Waals surface area contributed by atoms with Gasteiger partial charge in [0.15, 0.2) is 0 Å². The molecule has 2 unspecified atom stereocenters. The van der Waals surface area contributed by atoms with E-state index in [4.69, 9.17) is 0 Å². The first-order valence-corrected chi connectivity index (χ1v) is 4.36. The maximum Gasteiger partial charge on any atom is -0.0161 e. The van der Waals surface area contributed by atoms with Crippen LogP contribution in [-0.4, -0.2) is 0 Å². The van der Waals surface area contributed by atoms with E-state index < -0.39 is 0 Å². The van der Waals surface area contributed by atoms with Crippen LogP contribution in [0.1, 0.15) is 33.1 Å². The van der Waals surface area contributed by atoms with Crippen molar-refractivity contribution in [3.63, 3.8) is 0 Å². The van der Waals surface area contributed by atoms with Crippen LogP contribution in [0.2, 0.25) is 0 Å². The minimum Gasteiger partial charge on any atom is -0.0654 e. The van der Waals surface area contributed by atoms with Crippen LogP contribution >= 0.6 is 0 Å². The Morgan fingerprint density at radius 3 is 2.11 bits per heavy atom. The normalized spacial score (nSPS) is 71.3. The summed E-state index contributed by atoms with van der Waals surface area (Å²) in [5.74, 6) is 2.52. The quantitative estimate of drug-likeness (QED) is 0.539. The summed E-state index contributed by atoms with van der Waals surface area (Å²) in [6.45, 7) is 4.70. The highest BCUT2D eigenvalue weighted by Crippen LogP contribution is 3.20. The van der Waals surface area contributed by atoms with Crippen molar-refractivity contribution < 1.29 is 0 Å². The fourth-order valence-electron chi connectivity index (χ4n) is 3.69. The summed E-state index contributed by atoms with van der Waals surface area (Å²) in [6, 6.07) is 0. The molecule has 0 radical (unpaired) electrons. The van der Waals surface area contributed by atoms with Crippen molar-refractivity contribution in [3.8, 4) is 0 Å². The first-order chi connectivity index (χ1) is 4.36. The Morgan fingerprint density at radius 1 is 1.11 bits per heavy atom. The standard InChI is InChI=1S/C9H14/c1-3-5-9-6-7(9)8(6,9)4-2/h6-7H,3-5H2,1-2H3. The van der Waals surface area contributed by atoms with Crippen molar-refractivity contribution >= 4 is 0 Å². The van der Waals surface area contributed by atoms with Crippen molar-refractivity contribution in [2.75, 3.05) is 0 Å². The van der Waals surface area contributed by atoms with Gasteiger partial charge in [-0.1, -0.05) is 20.3 Å².